The molecule has 136 valence electrons. The van der Waals surface area contributed by atoms with Gasteiger partial charge in [-0.3, -0.25) is 0 Å². The molecule has 0 atom stereocenters. The Hall–Kier alpha value is -3.00. The van der Waals surface area contributed by atoms with Crippen molar-refractivity contribution in [3.05, 3.63) is 54.1 Å². The van der Waals surface area contributed by atoms with Crippen LogP contribution in [0.25, 0.3) is 15.9 Å². The molecular weight excluding hydrogens is 358 g/mol. The highest BCUT2D eigenvalue weighted by Gasteiger charge is 2.21. The van der Waals surface area contributed by atoms with E-state index in [4.69, 9.17) is 0 Å². The summed E-state index contributed by atoms with van der Waals surface area (Å²) >= 11 is 1.76. The maximum Gasteiger partial charge on any atom is 0.159 e. The SMILES string of the molecule is Cc1nc(N2CCN(c3nccc4sccc34)CC2)cc(-n2cccn2)n1. The van der Waals surface area contributed by atoms with E-state index in [0.717, 1.165) is 49.5 Å². The van der Waals surface area contributed by atoms with Crippen molar-refractivity contribution in [3.63, 3.8) is 0 Å². The van der Waals surface area contributed by atoms with Crippen LogP contribution in [-0.4, -0.2) is 50.9 Å². The summed E-state index contributed by atoms with van der Waals surface area (Å²) in [4.78, 5) is 18.5. The predicted octanol–water partition coefficient (Wildman–Crippen LogP) is 2.91. The molecule has 4 aromatic heterocycles. The number of anilines is 2. The van der Waals surface area contributed by atoms with Crippen molar-refractivity contribution in [2.75, 3.05) is 36.0 Å². The van der Waals surface area contributed by atoms with E-state index in [-0.39, 0.29) is 0 Å². The van der Waals surface area contributed by atoms with Crippen LogP contribution in [-0.2, 0) is 0 Å². The molecular formula is C19H19N7S. The molecule has 5 rings (SSSR count). The number of nitrogens with zero attached hydrogens (tertiary/aromatic N) is 7. The first-order valence-corrected chi connectivity index (χ1v) is 9.84. The summed E-state index contributed by atoms with van der Waals surface area (Å²) in [7, 11) is 0. The summed E-state index contributed by atoms with van der Waals surface area (Å²) in [6.45, 7) is 5.56. The van der Waals surface area contributed by atoms with Gasteiger partial charge in [0.05, 0.1) is 0 Å². The molecule has 1 aliphatic rings. The Bertz CT molecular complexity index is 1060. The summed E-state index contributed by atoms with van der Waals surface area (Å²) < 4.78 is 3.06. The van der Waals surface area contributed by atoms with Crippen LogP contribution in [0.3, 0.4) is 0 Å². The molecule has 4 aromatic rings. The second kappa shape index (κ2) is 6.62. The number of aromatic nitrogens is 5. The lowest BCUT2D eigenvalue weighted by Crippen LogP contribution is -2.47. The topological polar surface area (TPSA) is 63.0 Å². The van der Waals surface area contributed by atoms with Crippen LogP contribution in [0.1, 0.15) is 5.82 Å². The molecule has 8 heteroatoms. The lowest BCUT2D eigenvalue weighted by atomic mass is 10.2. The molecule has 0 spiro atoms. The second-order valence-corrected chi connectivity index (χ2v) is 7.47. The molecule has 0 saturated carbocycles. The highest BCUT2D eigenvalue weighted by atomic mass is 32.1. The van der Waals surface area contributed by atoms with Gasteiger partial charge in [-0.1, -0.05) is 0 Å². The predicted molar refractivity (Wildman–Crippen MR) is 108 cm³/mol. The van der Waals surface area contributed by atoms with Crippen molar-refractivity contribution < 1.29 is 0 Å². The van der Waals surface area contributed by atoms with Crippen molar-refractivity contribution in [1.29, 1.82) is 0 Å². The Kier molecular flexibility index (Phi) is 3.97. The summed E-state index contributed by atoms with van der Waals surface area (Å²) in [6.07, 6.45) is 5.56. The van der Waals surface area contributed by atoms with Crippen molar-refractivity contribution in [1.82, 2.24) is 24.7 Å². The largest absolute Gasteiger partial charge is 0.353 e. The summed E-state index contributed by atoms with van der Waals surface area (Å²) in [5, 5.41) is 7.66. The van der Waals surface area contributed by atoms with Crippen molar-refractivity contribution in [3.8, 4) is 5.82 Å². The quantitative estimate of drug-likeness (QED) is 0.547. The lowest BCUT2D eigenvalue weighted by molar-refractivity contribution is 0.641. The van der Waals surface area contributed by atoms with Gasteiger partial charge in [0.2, 0.25) is 0 Å². The van der Waals surface area contributed by atoms with Gasteiger partial charge in [0, 0.05) is 60.9 Å². The highest BCUT2D eigenvalue weighted by Crippen LogP contribution is 2.29. The summed E-state index contributed by atoms with van der Waals surface area (Å²) in [5.41, 5.74) is 0. The van der Waals surface area contributed by atoms with Gasteiger partial charge in [-0.05, 0) is 30.5 Å². The van der Waals surface area contributed by atoms with Gasteiger partial charge in [0.1, 0.15) is 17.5 Å². The van der Waals surface area contributed by atoms with E-state index in [1.807, 2.05) is 31.5 Å². The molecule has 0 aromatic carbocycles. The van der Waals surface area contributed by atoms with E-state index in [0.29, 0.717) is 0 Å². The third-order valence-electron chi connectivity index (χ3n) is 4.81. The van der Waals surface area contributed by atoms with Crippen molar-refractivity contribution in [2.24, 2.45) is 0 Å². The monoisotopic (exact) mass is 377 g/mol. The smallest absolute Gasteiger partial charge is 0.159 e. The summed E-state index contributed by atoms with van der Waals surface area (Å²) in [6, 6.07) is 8.15. The number of thiophene rings is 1. The van der Waals surface area contributed by atoms with E-state index < -0.39 is 0 Å². The Morgan fingerprint density at radius 3 is 2.59 bits per heavy atom. The van der Waals surface area contributed by atoms with E-state index in [9.17, 15) is 0 Å². The number of aryl methyl sites for hydroxylation is 1. The third kappa shape index (κ3) is 3.02. The van der Waals surface area contributed by atoms with Gasteiger partial charge in [0.15, 0.2) is 5.82 Å². The lowest BCUT2D eigenvalue weighted by Gasteiger charge is -2.36. The van der Waals surface area contributed by atoms with Crippen molar-refractivity contribution >= 4 is 33.1 Å². The molecule has 0 N–H and O–H groups in total. The standard InChI is InChI=1S/C19H19N7S/c1-14-22-17(13-18(23-14)26-7-2-5-21-26)24-8-10-25(11-9-24)19-15-4-12-27-16(15)3-6-20-19/h2-7,12-13H,8-11H2,1H3. The van der Waals surface area contributed by atoms with Crippen LogP contribution in [0.4, 0.5) is 11.6 Å². The van der Waals surface area contributed by atoms with Crippen LogP contribution in [0.15, 0.2) is 48.2 Å². The van der Waals surface area contributed by atoms with Crippen LogP contribution in [0, 0.1) is 6.92 Å². The molecule has 0 amide bonds. The van der Waals surface area contributed by atoms with E-state index >= 15 is 0 Å². The first-order valence-electron chi connectivity index (χ1n) is 8.96. The Balaban J connectivity index is 1.37. The fourth-order valence-electron chi connectivity index (χ4n) is 3.50. The Morgan fingerprint density at radius 2 is 1.78 bits per heavy atom. The Morgan fingerprint density at radius 1 is 0.963 bits per heavy atom. The number of pyridine rings is 1. The van der Waals surface area contributed by atoms with Crippen LogP contribution >= 0.6 is 11.3 Å². The number of fused-ring (bicyclic) bond motifs is 1. The maximum atomic E-state index is 4.65. The zero-order valence-electron chi connectivity index (χ0n) is 15.0. The molecule has 1 aliphatic heterocycles. The molecule has 5 heterocycles. The van der Waals surface area contributed by atoms with Gasteiger partial charge >= 0.3 is 0 Å². The Labute approximate surface area is 160 Å². The number of hydrogen-bond acceptors (Lipinski definition) is 7. The zero-order valence-corrected chi connectivity index (χ0v) is 15.8. The number of piperazine rings is 1. The van der Waals surface area contributed by atoms with Crippen LogP contribution in [0.5, 0.6) is 0 Å². The minimum absolute atomic E-state index is 0.755. The molecule has 0 unspecified atom stereocenters. The average molecular weight is 377 g/mol. The highest BCUT2D eigenvalue weighted by molar-refractivity contribution is 7.17. The minimum Gasteiger partial charge on any atom is -0.353 e. The van der Waals surface area contributed by atoms with E-state index in [2.05, 4.69) is 47.4 Å². The average Bonchev–Trinajstić information content (AvgIpc) is 3.39. The fraction of sp³-hybridized carbons (Fsp3) is 0.263. The van der Waals surface area contributed by atoms with Gasteiger partial charge in [-0.25, -0.2) is 19.6 Å². The number of hydrogen-bond donors (Lipinski definition) is 0. The van der Waals surface area contributed by atoms with E-state index in [1.54, 1.807) is 22.2 Å². The van der Waals surface area contributed by atoms with Crippen LogP contribution < -0.4 is 9.80 Å². The number of rotatable bonds is 3. The van der Waals surface area contributed by atoms with Crippen LogP contribution in [0.2, 0.25) is 0 Å². The van der Waals surface area contributed by atoms with Gasteiger partial charge < -0.3 is 9.80 Å². The van der Waals surface area contributed by atoms with Gasteiger partial charge in [0.25, 0.3) is 0 Å². The fourth-order valence-corrected chi connectivity index (χ4v) is 4.28. The van der Waals surface area contributed by atoms with E-state index in [1.165, 1.54) is 10.1 Å². The zero-order chi connectivity index (χ0) is 18.2. The maximum absolute atomic E-state index is 4.65. The molecule has 1 saturated heterocycles. The van der Waals surface area contributed by atoms with Crippen molar-refractivity contribution in [2.45, 2.75) is 6.92 Å². The van der Waals surface area contributed by atoms with Gasteiger partial charge in [-0.15, -0.1) is 11.3 Å². The molecule has 0 bridgehead atoms. The molecule has 1 fully saturated rings. The first-order chi connectivity index (χ1) is 13.3. The molecule has 0 aliphatic carbocycles. The van der Waals surface area contributed by atoms with Gasteiger partial charge in [-0.2, -0.15) is 5.10 Å². The minimum atomic E-state index is 0.755. The molecule has 27 heavy (non-hydrogen) atoms. The first kappa shape index (κ1) is 16.2. The normalized spacial score (nSPS) is 14.9. The molecule has 7 nitrogen and oxygen atoms in total. The second-order valence-electron chi connectivity index (χ2n) is 6.52. The third-order valence-corrected chi connectivity index (χ3v) is 5.69. The summed E-state index contributed by atoms with van der Waals surface area (Å²) in [5.74, 6) is 3.60. The molecule has 0 radical (unpaired) electrons.